The largest absolute Gasteiger partial charge is 0.426 e. The van der Waals surface area contributed by atoms with Crippen molar-refractivity contribution in [1.29, 1.82) is 0 Å². The number of ether oxygens (including phenoxy) is 1. The first-order valence-electron chi connectivity index (χ1n) is 9.77. The molecule has 1 unspecified atom stereocenters. The van der Waals surface area contributed by atoms with E-state index in [-0.39, 0.29) is 11.6 Å². The molecule has 0 fully saturated rings. The topological polar surface area (TPSA) is 106 Å². The van der Waals surface area contributed by atoms with Crippen LogP contribution in [0.25, 0.3) is 10.9 Å². The second-order valence-electron chi connectivity index (χ2n) is 7.12. The first-order valence-corrected chi connectivity index (χ1v) is 9.77. The van der Waals surface area contributed by atoms with Crippen LogP contribution in [0.15, 0.2) is 71.8 Å². The minimum Gasteiger partial charge on any atom is -0.426 e. The molecule has 0 amide bonds. The van der Waals surface area contributed by atoms with E-state index in [0.29, 0.717) is 35.7 Å². The summed E-state index contributed by atoms with van der Waals surface area (Å²) in [6.45, 7) is 3.48. The highest BCUT2D eigenvalue weighted by Crippen LogP contribution is 2.21. The fourth-order valence-electron chi connectivity index (χ4n) is 3.07. The van der Waals surface area contributed by atoms with E-state index in [9.17, 15) is 4.79 Å². The monoisotopic (exact) mass is 401 g/mol. The van der Waals surface area contributed by atoms with E-state index in [1.807, 2.05) is 24.3 Å². The number of aromatic amines is 1. The highest BCUT2D eigenvalue weighted by Gasteiger charge is 2.06. The average molecular weight is 401 g/mol. The Kier molecular flexibility index (Phi) is 5.72. The average Bonchev–Trinajstić information content (AvgIpc) is 2.78. The maximum Gasteiger partial charge on any atom is 0.302 e. The van der Waals surface area contributed by atoms with E-state index >= 15 is 0 Å². The van der Waals surface area contributed by atoms with Crippen molar-refractivity contribution >= 4 is 16.6 Å². The van der Waals surface area contributed by atoms with Gasteiger partial charge in [-0.15, -0.1) is 0 Å². The number of aromatic nitrogens is 3. The van der Waals surface area contributed by atoms with Crippen LogP contribution in [-0.4, -0.2) is 21.5 Å². The molecule has 0 saturated carbocycles. The number of anilines is 1. The number of pyridine rings is 1. The SMILES string of the molecule is CC(CN)c1ccc(CNc2ccc(Oc3nc4cnccc4c(=O)[nH]3)cc2)cc1. The highest BCUT2D eigenvalue weighted by molar-refractivity contribution is 5.76. The maximum absolute atomic E-state index is 12.1. The number of benzene rings is 2. The fourth-order valence-corrected chi connectivity index (χ4v) is 3.07. The van der Waals surface area contributed by atoms with Crippen LogP contribution in [0.4, 0.5) is 5.69 Å². The lowest BCUT2D eigenvalue weighted by atomic mass is 10.00. The van der Waals surface area contributed by atoms with E-state index in [1.165, 1.54) is 17.3 Å². The summed E-state index contributed by atoms with van der Waals surface area (Å²) in [6, 6.07) is 17.7. The van der Waals surface area contributed by atoms with Gasteiger partial charge in [-0.1, -0.05) is 31.2 Å². The molecule has 0 aliphatic carbocycles. The smallest absolute Gasteiger partial charge is 0.302 e. The van der Waals surface area contributed by atoms with E-state index in [4.69, 9.17) is 10.5 Å². The Balaban J connectivity index is 1.39. The predicted octanol–water partition coefficient (Wildman–Crippen LogP) is 3.78. The normalized spacial score (nSPS) is 11.9. The molecular weight excluding hydrogens is 378 g/mol. The van der Waals surface area contributed by atoms with Crippen molar-refractivity contribution in [2.45, 2.75) is 19.4 Å². The fraction of sp³-hybridized carbons (Fsp3) is 0.174. The Bertz CT molecular complexity index is 1190. The van der Waals surface area contributed by atoms with E-state index in [0.717, 1.165) is 5.69 Å². The van der Waals surface area contributed by atoms with E-state index < -0.39 is 0 Å². The Hall–Kier alpha value is -3.71. The first-order chi connectivity index (χ1) is 14.6. The Morgan fingerprint density at radius 2 is 1.87 bits per heavy atom. The highest BCUT2D eigenvalue weighted by atomic mass is 16.5. The molecule has 4 N–H and O–H groups in total. The molecule has 0 aliphatic heterocycles. The van der Waals surface area contributed by atoms with Crippen molar-refractivity contribution in [3.05, 3.63) is 88.5 Å². The quantitative estimate of drug-likeness (QED) is 0.435. The zero-order valence-corrected chi connectivity index (χ0v) is 16.6. The lowest BCUT2D eigenvalue weighted by Crippen LogP contribution is -2.09. The van der Waals surface area contributed by atoms with Crippen LogP contribution < -0.4 is 21.3 Å². The number of nitrogens with one attached hydrogen (secondary N) is 2. The summed E-state index contributed by atoms with van der Waals surface area (Å²) in [6.07, 6.45) is 3.09. The minimum absolute atomic E-state index is 0.132. The van der Waals surface area contributed by atoms with Crippen LogP contribution >= 0.6 is 0 Å². The van der Waals surface area contributed by atoms with Crippen molar-refractivity contribution in [2.24, 2.45) is 5.73 Å². The third-order valence-electron chi connectivity index (χ3n) is 4.95. The van der Waals surface area contributed by atoms with Crippen molar-refractivity contribution in [3.8, 4) is 11.8 Å². The van der Waals surface area contributed by atoms with Crippen LogP contribution in [0.1, 0.15) is 24.0 Å². The van der Waals surface area contributed by atoms with Gasteiger partial charge in [-0.25, -0.2) is 0 Å². The van der Waals surface area contributed by atoms with Crippen LogP contribution in [0.2, 0.25) is 0 Å². The summed E-state index contributed by atoms with van der Waals surface area (Å²) in [7, 11) is 0. The second kappa shape index (κ2) is 8.75. The van der Waals surface area contributed by atoms with Gasteiger partial charge >= 0.3 is 6.01 Å². The number of H-pyrrole nitrogens is 1. The van der Waals surface area contributed by atoms with Gasteiger partial charge in [-0.2, -0.15) is 4.98 Å². The van der Waals surface area contributed by atoms with Gasteiger partial charge in [0.2, 0.25) is 0 Å². The van der Waals surface area contributed by atoms with E-state index in [2.05, 4.69) is 51.5 Å². The molecule has 0 radical (unpaired) electrons. The van der Waals surface area contributed by atoms with Crippen LogP contribution in [0, 0.1) is 0 Å². The summed E-state index contributed by atoms with van der Waals surface area (Å²) < 4.78 is 5.70. The molecule has 0 spiro atoms. The minimum atomic E-state index is -0.262. The Morgan fingerprint density at radius 3 is 2.60 bits per heavy atom. The summed E-state index contributed by atoms with van der Waals surface area (Å²) in [5.74, 6) is 0.940. The lowest BCUT2D eigenvalue weighted by Gasteiger charge is -2.11. The number of fused-ring (bicyclic) bond motifs is 1. The third kappa shape index (κ3) is 4.47. The number of hydrogen-bond donors (Lipinski definition) is 3. The van der Waals surface area contributed by atoms with E-state index in [1.54, 1.807) is 12.3 Å². The van der Waals surface area contributed by atoms with Crippen molar-refractivity contribution in [3.63, 3.8) is 0 Å². The Labute approximate surface area is 174 Å². The molecule has 0 bridgehead atoms. The number of rotatable bonds is 7. The van der Waals surface area contributed by atoms with Crippen molar-refractivity contribution < 1.29 is 4.74 Å². The predicted molar refractivity (Wildman–Crippen MR) is 118 cm³/mol. The van der Waals surface area contributed by atoms with Crippen LogP contribution in [0.3, 0.4) is 0 Å². The molecule has 0 aliphatic rings. The van der Waals surface area contributed by atoms with Crippen LogP contribution in [-0.2, 0) is 6.54 Å². The lowest BCUT2D eigenvalue weighted by molar-refractivity contribution is 0.443. The molecule has 2 heterocycles. The standard InChI is InChI=1S/C23H23N5O2/c1-15(12-24)17-4-2-16(3-5-17)13-26-18-6-8-19(9-7-18)30-23-27-21-14-25-11-10-20(21)22(29)28-23/h2-11,14-15,26H,12-13,24H2,1H3,(H,27,28,29). The molecule has 0 saturated heterocycles. The van der Waals surface area contributed by atoms with Crippen LogP contribution in [0.5, 0.6) is 11.8 Å². The maximum atomic E-state index is 12.1. The molecular formula is C23H23N5O2. The second-order valence-corrected chi connectivity index (χ2v) is 7.12. The number of hydrogen-bond acceptors (Lipinski definition) is 6. The molecule has 1 atom stereocenters. The van der Waals surface area contributed by atoms with Gasteiger partial charge in [0.05, 0.1) is 17.1 Å². The molecule has 4 rings (SSSR count). The van der Waals surface area contributed by atoms with Gasteiger partial charge in [-0.05, 0) is 53.9 Å². The summed E-state index contributed by atoms with van der Waals surface area (Å²) in [5, 5.41) is 3.86. The van der Waals surface area contributed by atoms with Gasteiger partial charge in [0.1, 0.15) is 5.75 Å². The first kappa shape index (κ1) is 19.6. The third-order valence-corrected chi connectivity index (χ3v) is 4.95. The zero-order valence-electron chi connectivity index (χ0n) is 16.6. The van der Waals surface area contributed by atoms with Gasteiger partial charge in [0.25, 0.3) is 5.56 Å². The summed E-state index contributed by atoms with van der Waals surface area (Å²) in [4.78, 5) is 23.0. The summed E-state index contributed by atoms with van der Waals surface area (Å²) in [5.41, 5.74) is 9.35. The molecule has 7 heteroatoms. The van der Waals surface area contributed by atoms with Gasteiger partial charge in [-0.3, -0.25) is 14.8 Å². The summed E-state index contributed by atoms with van der Waals surface area (Å²) >= 11 is 0. The molecule has 2 aromatic heterocycles. The molecule has 152 valence electrons. The van der Waals surface area contributed by atoms with Gasteiger partial charge in [0.15, 0.2) is 0 Å². The molecule has 4 aromatic rings. The number of nitrogens with two attached hydrogens (primary N) is 1. The molecule has 7 nitrogen and oxygen atoms in total. The van der Waals surface area contributed by atoms with Crippen molar-refractivity contribution in [2.75, 3.05) is 11.9 Å². The zero-order chi connectivity index (χ0) is 20.9. The Morgan fingerprint density at radius 1 is 1.10 bits per heavy atom. The number of nitrogens with zero attached hydrogens (tertiary/aromatic N) is 2. The molecule has 30 heavy (non-hydrogen) atoms. The van der Waals surface area contributed by atoms with Crippen molar-refractivity contribution in [1.82, 2.24) is 15.0 Å². The van der Waals surface area contributed by atoms with Gasteiger partial charge in [0, 0.05) is 18.4 Å². The molecule has 2 aromatic carbocycles. The van der Waals surface area contributed by atoms with Gasteiger partial charge < -0.3 is 15.8 Å².